The number of rotatable bonds is 6. The standard InChI is InChI=1S/C17H17N3O4S2/c1-23-7-4-6-20-14-13(15(21)19-17(20)25)10(16(22)24-2)9-11(18-14)12-5-3-8-26-12/h3,5,8-9H,4,6-7H2,1-2H3,(H,19,21,25). The van der Waals surface area contributed by atoms with Crippen molar-refractivity contribution in [3.8, 4) is 10.6 Å². The number of aromatic nitrogens is 3. The Labute approximate surface area is 158 Å². The first kappa shape index (κ1) is 18.4. The van der Waals surface area contributed by atoms with Gasteiger partial charge in [-0.05, 0) is 36.2 Å². The third-order valence-electron chi connectivity index (χ3n) is 3.86. The summed E-state index contributed by atoms with van der Waals surface area (Å²) >= 11 is 6.80. The van der Waals surface area contributed by atoms with Crippen molar-refractivity contribution in [3.05, 3.63) is 44.3 Å². The van der Waals surface area contributed by atoms with Crippen molar-refractivity contribution < 1.29 is 14.3 Å². The number of hydrogen-bond donors (Lipinski definition) is 1. The van der Waals surface area contributed by atoms with Gasteiger partial charge in [0.05, 0.1) is 28.6 Å². The highest BCUT2D eigenvalue weighted by Crippen LogP contribution is 2.27. The predicted molar refractivity (Wildman–Crippen MR) is 102 cm³/mol. The molecule has 26 heavy (non-hydrogen) atoms. The minimum Gasteiger partial charge on any atom is -0.465 e. The third-order valence-corrected chi connectivity index (χ3v) is 5.07. The highest BCUT2D eigenvalue weighted by molar-refractivity contribution is 7.71. The molecule has 0 aromatic carbocycles. The van der Waals surface area contributed by atoms with Crippen LogP contribution in [-0.4, -0.2) is 41.3 Å². The summed E-state index contributed by atoms with van der Waals surface area (Å²) in [4.78, 5) is 33.0. The van der Waals surface area contributed by atoms with E-state index in [4.69, 9.17) is 21.7 Å². The van der Waals surface area contributed by atoms with E-state index in [2.05, 4.69) is 9.97 Å². The van der Waals surface area contributed by atoms with Gasteiger partial charge in [-0.3, -0.25) is 9.78 Å². The number of carbonyl (C=O) groups is 1. The predicted octanol–water partition coefficient (Wildman–Crippen LogP) is 3.01. The molecule has 3 heterocycles. The molecule has 3 rings (SSSR count). The van der Waals surface area contributed by atoms with Crippen LogP contribution in [0.2, 0.25) is 0 Å². The molecule has 0 aliphatic heterocycles. The Hall–Kier alpha value is -2.36. The smallest absolute Gasteiger partial charge is 0.338 e. The number of nitrogens with one attached hydrogen (secondary N) is 1. The molecular formula is C17H17N3O4S2. The molecule has 0 fully saturated rings. The van der Waals surface area contributed by atoms with Gasteiger partial charge in [-0.15, -0.1) is 11.3 Å². The molecule has 7 nitrogen and oxygen atoms in total. The zero-order valence-corrected chi connectivity index (χ0v) is 15.9. The number of thiophene rings is 1. The van der Waals surface area contributed by atoms with E-state index in [1.165, 1.54) is 18.4 Å². The topological polar surface area (TPSA) is 86.2 Å². The highest BCUT2D eigenvalue weighted by atomic mass is 32.1. The maximum atomic E-state index is 12.5. The van der Waals surface area contributed by atoms with Crippen LogP contribution < -0.4 is 5.56 Å². The lowest BCUT2D eigenvalue weighted by atomic mass is 10.1. The number of aryl methyl sites for hydroxylation is 1. The Morgan fingerprint density at radius 1 is 1.42 bits per heavy atom. The van der Waals surface area contributed by atoms with Gasteiger partial charge in [-0.25, -0.2) is 9.78 Å². The van der Waals surface area contributed by atoms with Crippen LogP contribution in [0.5, 0.6) is 0 Å². The average Bonchev–Trinajstić information content (AvgIpc) is 3.17. The van der Waals surface area contributed by atoms with Gasteiger partial charge in [0.25, 0.3) is 5.56 Å². The first-order valence-electron chi connectivity index (χ1n) is 7.85. The molecule has 0 atom stereocenters. The lowest BCUT2D eigenvalue weighted by Crippen LogP contribution is -2.20. The monoisotopic (exact) mass is 391 g/mol. The van der Waals surface area contributed by atoms with Gasteiger partial charge < -0.3 is 14.0 Å². The molecule has 1 N–H and O–H groups in total. The minimum absolute atomic E-state index is 0.164. The van der Waals surface area contributed by atoms with Gasteiger partial charge in [-0.1, -0.05) is 6.07 Å². The van der Waals surface area contributed by atoms with Gasteiger partial charge in [0.15, 0.2) is 4.77 Å². The van der Waals surface area contributed by atoms with Gasteiger partial charge >= 0.3 is 5.97 Å². The number of fused-ring (bicyclic) bond motifs is 1. The normalized spacial score (nSPS) is 11.0. The van der Waals surface area contributed by atoms with Crippen LogP contribution in [0.4, 0.5) is 0 Å². The Morgan fingerprint density at radius 2 is 2.23 bits per heavy atom. The molecule has 0 spiro atoms. The molecule has 3 aromatic heterocycles. The fraction of sp³-hybridized carbons (Fsp3) is 0.294. The van der Waals surface area contributed by atoms with E-state index < -0.39 is 11.5 Å². The number of esters is 1. The molecule has 0 aliphatic rings. The fourth-order valence-electron chi connectivity index (χ4n) is 2.67. The van der Waals surface area contributed by atoms with Crippen LogP contribution >= 0.6 is 23.6 Å². The lowest BCUT2D eigenvalue weighted by Gasteiger charge is -2.13. The van der Waals surface area contributed by atoms with E-state index in [1.807, 2.05) is 17.5 Å². The largest absolute Gasteiger partial charge is 0.465 e. The zero-order chi connectivity index (χ0) is 18.7. The summed E-state index contributed by atoms with van der Waals surface area (Å²) in [5.41, 5.74) is 0.658. The Bertz CT molecular complexity index is 1050. The van der Waals surface area contributed by atoms with Crippen LogP contribution in [0.1, 0.15) is 16.8 Å². The van der Waals surface area contributed by atoms with Crippen molar-refractivity contribution in [3.63, 3.8) is 0 Å². The van der Waals surface area contributed by atoms with E-state index in [0.717, 1.165) is 4.88 Å². The molecule has 0 aliphatic carbocycles. The fourth-order valence-corrected chi connectivity index (χ4v) is 3.63. The van der Waals surface area contributed by atoms with E-state index in [0.29, 0.717) is 30.9 Å². The summed E-state index contributed by atoms with van der Waals surface area (Å²) < 4.78 is 11.9. The number of carbonyl (C=O) groups excluding carboxylic acids is 1. The second-order valence-electron chi connectivity index (χ2n) is 5.48. The van der Waals surface area contributed by atoms with Crippen molar-refractivity contribution in [2.24, 2.45) is 0 Å². The number of nitrogens with zero attached hydrogens (tertiary/aromatic N) is 2. The van der Waals surface area contributed by atoms with Crippen LogP contribution in [0.15, 0.2) is 28.4 Å². The summed E-state index contributed by atoms with van der Waals surface area (Å²) in [7, 11) is 2.90. The molecule has 0 unspecified atom stereocenters. The van der Waals surface area contributed by atoms with E-state index in [1.54, 1.807) is 17.7 Å². The number of aromatic amines is 1. The van der Waals surface area contributed by atoms with Crippen LogP contribution in [0, 0.1) is 4.77 Å². The van der Waals surface area contributed by atoms with Gasteiger partial charge in [-0.2, -0.15) is 0 Å². The van der Waals surface area contributed by atoms with E-state index in [9.17, 15) is 9.59 Å². The first-order valence-corrected chi connectivity index (χ1v) is 9.14. The number of H-pyrrole nitrogens is 1. The minimum atomic E-state index is -0.596. The SMILES string of the molecule is COCCCn1c(=S)[nH]c(=O)c2c(C(=O)OC)cc(-c3cccs3)nc21. The van der Waals surface area contributed by atoms with Gasteiger partial charge in [0, 0.05) is 20.3 Å². The highest BCUT2D eigenvalue weighted by Gasteiger charge is 2.20. The van der Waals surface area contributed by atoms with Crippen molar-refractivity contribution in [1.82, 2.24) is 14.5 Å². The maximum Gasteiger partial charge on any atom is 0.338 e. The van der Waals surface area contributed by atoms with Crippen molar-refractivity contribution in [1.29, 1.82) is 0 Å². The van der Waals surface area contributed by atoms with Crippen LogP contribution in [0.25, 0.3) is 21.6 Å². The van der Waals surface area contributed by atoms with Crippen molar-refractivity contribution >= 4 is 40.6 Å². The Morgan fingerprint density at radius 3 is 2.88 bits per heavy atom. The molecule has 0 radical (unpaired) electrons. The van der Waals surface area contributed by atoms with Crippen LogP contribution in [-0.2, 0) is 16.0 Å². The number of hydrogen-bond acceptors (Lipinski definition) is 7. The number of methoxy groups -OCH3 is 2. The number of pyridine rings is 1. The average molecular weight is 391 g/mol. The lowest BCUT2D eigenvalue weighted by molar-refractivity contribution is 0.0603. The second kappa shape index (κ2) is 7.90. The molecule has 0 saturated carbocycles. The molecule has 9 heteroatoms. The molecule has 3 aromatic rings. The number of ether oxygens (including phenoxy) is 2. The summed E-state index contributed by atoms with van der Waals surface area (Å²) in [6, 6.07) is 5.38. The molecule has 0 bridgehead atoms. The summed E-state index contributed by atoms with van der Waals surface area (Å²) in [6.07, 6.45) is 0.685. The summed E-state index contributed by atoms with van der Waals surface area (Å²) in [5, 5.41) is 2.09. The molecule has 136 valence electrons. The summed E-state index contributed by atoms with van der Waals surface area (Å²) in [5.74, 6) is -0.596. The molecular weight excluding hydrogens is 374 g/mol. The first-order chi connectivity index (χ1) is 12.6. The second-order valence-corrected chi connectivity index (χ2v) is 6.81. The molecule has 0 amide bonds. The Balaban J connectivity index is 2.34. The molecule has 0 saturated heterocycles. The van der Waals surface area contributed by atoms with E-state index in [-0.39, 0.29) is 15.7 Å². The zero-order valence-electron chi connectivity index (χ0n) is 14.3. The van der Waals surface area contributed by atoms with Crippen molar-refractivity contribution in [2.75, 3.05) is 20.8 Å². The Kier molecular flexibility index (Phi) is 5.60. The van der Waals surface area contributed by atoms with Gasteiger partial charge in [0.2, 0.25) is 0 Å². The van der Waals surface area contributed by atoms with Gasteiger partial charge in [0.1, 0.15) is 5.65 Å². The quantitative estimate of drug-likeness (QED) is 0.395. The maximum absolute atomic E-state index is 12.5. The van der Waals surface area contributed by atoms with Crippen molar-refractivity contribution in [2.45, 2.75) is 13.0 Å². The van der Waals surface area contributed by atoms with Crippen LogP contribution in [0.3, 0.4) is 0 Å². The van der Waals surface area contributed by atoms with E-state index >= 15 is 0 Å². The third kappa shape index (κ3) is 3.46. The summed E-state index contributed by atoms with van der Waals surface area (Å²) in [6.45, 7) is 1.04.